The van der Waals surface area contributed by atoms with Gasteiger partial charge in [0.25, 0.3) is 0 Å². The molecule has 0 spiro atoms. The van der Waals surface area contributed by atoms with Crippen LogP contribution in [-0.4, -0.2) is 4.98 Å². The van der Waals surface area contributed by atoms with Crippen LogP contribution in [0.25, 0.3) is 11.3 Å². The Morgan fingerprint density at radius 2 is 1.70 bits per heavy atom. The fourth-order valence-electron chi connectivity index (χ4n) is 2.16. The molecule has 2 nitrogen and oxygen atoms in total. The monoisotopic (exact) mass is 280 g/mol. The molecule has 3 aromatic rings. The number of rotatable bonds is 3. The molecule has 1 unspecified atom stereocenters. The van der Waals surface area contributed by atoms with E-state index < -0.39 is 0 Å². The molecule has 3 rings (SSSR count). The van der Waals surface area contributed by atoms with Crippen LogP contribution in [0.5, 0.6) is 0 Å². The van der Waals surface area contributed by atoms with E-state index in [1.165, 1.54) is 5.56 Å². The third-order valence-corrected chi connectivity index (χ3v) is 4.43. The van der Waals surface area contributed by atoms with Crippen molar-refractivity contribution >= 4 is 17.0 Å². The molecule has 1 heterocycles. The lowest BCUT2D eigenvalue weighted by atomic mass is 10.0. The molecule has 0 radical (unpaired) electrons. The summed E-state index contributed by atoms with van der Waals surface area (Å²) >= 11 is 1.71. The third kappa shape index (κ3) is 2.58. The lowest BCUT2D eigenvalue weighted by molar-refractivity contribution is 0.906. The van der Waals surface area contributed by atoms with Crippen LogP contribution in [0.3, 0.4) is 0 Å². The van der Waals surface area contributed by atoms with Gasteiger partial charge in [-0.15, -0.1) is 11.3 Å². The molecule has 0 aliphatic rings. The van der Waals surface area contributed by atoms with Gasteiger partial charge >= 0.3 is 0 Å². The fourth-order valence-corrected chi connectivity index (χ4v) is 3.07. The molecular formula is C17H16N2S. The van der Waals surface area contributed by atoms with Crippen LogP contribution in [0.2, 0.25) is 0 Å². The maximum absolute atomic E-state index is 5.72. The second-order valence-electron chi connectivity index (χ2n) is 4.83. The van der Waals surface area contributed by atoms with Gasteiger partial charge in [-0.05, 0) is 17.7 Å². The van der Waals surface area contributed by atoms with Crippen molar-refractivity contribution < 1.29 is 0 Å². The van der Waals surface area contributed by atoms with Crippen LogP contribution in [0.15, 0.2) is 60.0 Å². The van der Waals surface area contributed by atoms with Crippen LogP contribution in [0, 0.1) is 0 Å². The zero-order chi connectivity index (χ0) is 13.9. The molecule has 1 aromatic heterocycles. The van der Waals surface area contributed by atoms with Gasteiger partial charge in [-0.3, -0.25) is 0 Å². The first-order chi connectivity index (χ1) is 9.74. The molecule has 0 saturated carbocycles. The van der Waals surface area contributed by atoms with Crippen molar-refractivity contribution in [2.45, 2.75) is 12.8 Å². The second kappa shape index (κ2) is 5.47. The van der Waals surface area contributed by atoms with E-state index in [9.17, 15) is 0 Å². The molecule has 0 aliphatic heterocycles. The van der Waals surface area contributed by atoms with E-state index in [4.69, 9.17) is 10.7 Å². The minimum atomic E-state index is 0.323. The number of nitrogens with zero attached hydrogens (tertiary/aromatic N) is 1. The van der Waals surface area contributed by atoms with Crippen molar-refractivity contribution in [3.63, 3.8) is 0 Å². The maximum Gasteiger partial charge on any atom is 0.100 e. The second-order valence-corrected chi connectivity index (χ2v) is 5.72. The molecule has 0 fully saturated rings. The first kappa shape index (κ1) is 12.9. The van der Waals surface area contributed by atoms with E-state index in [0.29, 0.717) is 5.92 Å². The van der Waals surface area contributed by atoms with Crippen molar-refractivity contribution in [2.24, 2.45) is 0 Å². The average molecular weight is 280 g/mol. The average Bonchev–Trinajstić information content (AvgIpc) is 2.98. The Morgan fingerprint density at radius 3 is 2.40 bits per heavy atom. The van der Waals surface area contributed by atoms with Gasteiger partial charge in [0.05, 0.1) is 5.69 Å². The first-order valence-electron chi connectivity index (χ1n) is 6.60. The summed E-state index contributed by atoms with van der Waals surface area (Å²) in [6.07, 6.45) is 0. The molecule has 0 aliphatic carbocycles. The van der Waals surface area contributed by atoms with Crippen LogP contribution in [-0.2, 0) is 0 Å². The number of aromatic nitrogens is 1. The molecule has 0 saturated heterocycles. The smallest absolute Gasteiger partial charge is 0.100 e. The van der Waals surface area contributed by atoms with E-state index >= 15 is 0 Å². The lowest BCUT2D eigenvalue weighted by Gasteiger charge is -2.07. The minimum Gasteiger partial charge on any atom is -0.399 e. The first-order valence-corrected chi connectivity index (χ1v) is 7.48. The lowest BCUT2D eigenvalue weighted by Crippen LogP contribution is -1.94. The van der Waals surface area contributed by atoms with E-state index in [1.54, 1.807) is 11.3 Å². The largest absolute Gasteiger partial charge is 0.399 e. The van der Waals surface area contributed by atoms with Gasteiger partial charge in [0.2, 0.25) is 0 Å². The van der Waals surface area contributed by atoms with Crippen molar-refractivity contribution in [1.29, 1.82) is 0 Å². The predicted octanol–water partition coefficient (Wildman–Crippen LogP) is 4.54. The fraction of sp³-hybridized carbons (Fsp3) is 0.118. The Labute approximate surface area is 122 Å². The number of nitrogens with two attached hydrogens (primary N) is 1. The van der Waals surface area contributed by atoms with E-state index in [-0.39, 0.29) is 0 Å². The van der Waals surface area contributed by atoms with Gasteiger partial charge in [0.15, 0.2) is 0 Å². The Hall–Kier alpha value is -2.13. The minimum absolute atomic E-state index is 0.323. The summed E-state index contributed by atoms with van der Waals surface area (Å²) in [5.74, 6) is 0.323. The zero-order valence-electron chi connectivity index (χ0n) is 11.3. The Morgan fingerprint density at radius 1 is 1.00 bits per heavy atom. The summed E-state index contributed by atoms with van der Waals surface area (Å²) in [4.78, 5) is 4.76. The van der Waals surface area contributed by atoms with Crippen LogP contribution in [0.4, 0.5) is 5.69 Å². The summed E-state index contributed by atoms with van der Waals surface area (Å²) in [5.41, 5.74) is 9.93. The zero-order valence-corrected chi connectivity index (χ0v) is 12.1. The summed E-state index contributed by atoms with van der Waals surface area (Å²) in [5, 5.41) is 3.25. The van der Waals surface area contributed by atoms with Crippen LogP contribution < -0.4 is 5.73 Å². The van der Waals surface area contributed by atoms with Gasteiger partial charge in [-0.25, -0.2) is 4.98 Å². The summed E-state index contributed by atoms with van der Waals surface area (Å²) in [6.45, 7) is 2.20. The highest BCUT2D eigenvalue weighted by Gasteiger charge is 2.13. The van der Waals surface area contributed by atoms with Crippen LogP contribution >= 0.6 is 11.3 Å². The van der Waals surface area contributed by atoms with Crippen molar-refractivity contribution in [3.8, 4) is 11.3 Å². The third-order valence-electron chi connectivity index (χ3n) is 3.40. The molecule has 0 amide bonds. The highest BCUT2D eigenvalue weighted by Crippen LogP contribution is 2.30. The topological polar surface area (TPSA) is 38.9 Å². The van der Waals surface area contributed by atoms with Gasteiger partial charge in [0.1, 0.15) is 5.01 Å². The van der Waals surface area contributed by atoms with Gasteiger partial charge in [-0.1, -0.05) is 49.4 Å². The van der Waals surface area contributed by atoms with Crippen molar-refractivity contribution in [3.05, 3.63) is 70.5 Å². The molecule has 2 N–H and O–H groups in total. The molecule has 100 valence electrons. The normalized spacial score (nSPS) is 12.2. The number of hydrogen-bond donors (Lipinski definition) is 1. The molecule has 2 aromatic carbocycles. The maximum atomic E-state index is 5.72. The van der Waals surface area contributed by atoms with Gasteiger partial charge < -0.3 is 5.73 Å². The summed E-state index contributed by atoms with van der Waals surface area (Å²) in [7, 11) is 0. The Kier molecular flexibility index (Phi) is 3.52. The predicted molar refractivity (Wildman–Crippen MR) is 85.9 cm³/mol. The van der Waals surface area contributed by atoms with Crippen LogP contribution in [0.1, 0.15) is 23.4 Å². The molecule has 3 heteroatoms. The highest BCUT2D eigenvalue weighted by molar-refractivity contribution is 7.10. The summed E-state index contributed by atoms with van der Waals surface area (Å²) in [6, 6.07) is 18.3. The molecular weight excluding hydrogens is 264 g/mol. The van der Waals surface area contributed by atoms with E-state index in [0.717, 1.165) is 22.0 Å². The highest BCUT2D eigenvalue weighted by atomic mass is 32.1. The van der Waals surface area contributed by atoms with Crippen molar-refractivity contribution in [1.82, 2.24) is 4.98 Å². The Bertz CT molecular complexity index is 687. The number of hydrogen-bond acceptors (Lipinski definition) is 3. The molecule has 20 heavy (non-hydrogen) atoms. The molecule has 0 bridgehead atoms. The summed E-state index contributed by atoms with van der Waals surface area (Å²) < 4.78 is 0. The number of anilines is 1. The SMILES string of the molecule is CC(c1ccccc1)c1nc(-c2ccc(N)cc2)cs1. The van der Waals surface area contributed by atoms with Crippen molar-refractivity contribution in [2.75, 3.05) is 5.73 Å². The quantitative estimate of drug-likeness (QED) is 0.715. The Balaban J connectivity index is 1.89. The van der Waals surface area contributed by atoms with E-state index in [2.05, 4.69) is 36.6 Å². The van der Waals surface area contributed by atoms with Gasteiger partial charge in [0, 0.05) is 22.5 Å². The number of benzene rings is 2. The number of nitrogen functional groups attached to an aromatic ring is 1. The van der Waals surface area contributed by atoms with Gasteiger partial charge in [-0.2, -0.15) is 0 Å². The van der Waals surface area contributed by atoms with E-state index in [1.807, 2.05) is 30.3 Å². The number of thiazole rings is 1. The molecule has 1 atom stereocenters. The standard InChI is InChI=1S/C17H16N2S/c1-12(13-5-3-2-4-6-13)17-19-16(11-20-17)14-7-9-15(18)10-8-14/h2-12H,18H2,1H3.